The van der Waals surface area contributed by atoms with E-state index in [0.717, 1.165) is 0 Å². The molecule has 2 unspecified atom stereocenters. The molecule has 1 rings (SSSR count). The highest BCUT2D eigenvalue weighted by Crippen LogP contribution is 2.39. The van der Waals surface area contributed by atoms with E-state index in [-0.39, 0.29) is 6.42 Å². The summed E-state index contributed by atoms with van der Waals surface area (Å²) in [6.07, 6.45) is -1.11. The van der Waals surface area contributed by atoms with Crippen LogP contribution in [0.15, 0.2) is 12.1 Å². The van der Waals surface area contributed by atoms with Crippen LogP contribution in [0.25, 0.3) is 0 Å². The number of carboxylic acids is 1. The first-order valence-corrected chi connectivity index (χ1v) is 6.14. The fourth-order valence-corrected chi connectivity index (χ4v) is 1.98. The minimum absolute atomic E-state index is 0.140. The number of ether oxygens (including phenoxy) is 3. The number of methoxy groups -OCH3 is 3. The van der Waals surface area contributed by atoms with Crippen molar-refractivity contribution >= 4 is 5.97 Å². The molecule has 0 aliphatic carbocycles. The van der Waals surface area contributed by atoms with E-state index in [4.69, 9.17) is 19.3 Å². The normalized spacial score (nSPS) is 13.4. The predicted molar refractivity (Wildman–Crippen MR) is 72.5 cm³/mol. The van der Waals surface area contributed by atoms with Gasteiger partial charge in [-0.1, -0.05) is 6.92 Å². The van der Waals surface area contributed by atoms with E-state index in [1.807, 2.05) is 0 Å². The van der Waals surface area contributed by atoms with Gasteiger partial charge >= 0.3 is 5.97 Å². The van der Waals surface area contributed by atoms with Gasteiger partial charge in [0.05, 0.1) is 33.9 Å². The molecule has 0 amide bonds. The molecule has 0 bridgehead atoms. The van der Waals surface area contributed by atoms with Gasteiger partial charge in [0.1, 0.15) is 5.75 Å². The van der Waals surface area contributed by atoms with Crippen LogP contribution in [0.4, 0.5) is 0 Å². The number of aliphatic carboxylic acids is 1. The number of carboxylic acid groups (broad SMARTS) is 1. The van der Waals surface area contributed by atoms with Gasteiger partial charge in [-0.25, -0.2) is 0 Å². The van der Waals surface area contributed by atoms with E-state index in [1.54, 1.807) is 19.1 Å². The van der Waals surface area contributed by atoms with Crippen molar-refractivity contribution in [2.45, 2.75) is 19.4 Å². The molecule has 0 fully saturated rings. The molecule has 0 saturated heterocycles. The van der Waals surface area contributed by atoms with E-state index in [0.29, 0.717) is 22.8 Å². The quantitative estimate of drug-likeness (QED) is 0.795. The molecule has 1 aromatic rings. The molecule has 6 nitrogen and oxygen atoms in total. The second-order valence-corrected chi connectivity index (χ2v) is 4.47. The van der Waals surface area contributed by atoms with Crippen molar-refractivity contribution < 1.29 is 29.2 Å². The monoisotopic (exact) mass is 284 g/mol. The Hall–Kier alpha value is -1.95. The molecule has 0 aliphatic heterocycles. The molecule has 0 aromatic heterocycles. The zero-order valence-electron chi connectivity index (χ0n) is 12.0. The van der Waals surface area contributed by atoms with E-state index in [9.17, 15) is 9.90 Å². The summed E-state index contributed by atoms with van der Waals surface area (Å²) in [5, 5.41) is 19.1. The minimum atomic E-state index is -0.971. The van der Waals surface area contributed by atoms with Crippen LogP contribution >= 0.6 is 0 Å². The third-order valence-corrected chi connectivity index (χ3v) is 3.09. The summed E-state index contributed by atoms with van der Waals surface area (Å²) in [5.74, 6) is -0.0704. The Morgan fingerprint density at radius 2 is 1.60 bits per heavy atom. The Morgan fingerprint density at radius 1 is 1.10 bits per heavy atom. The van der Waals surface area contributed by atoms with Crippen molar-refractivity contribution in [1.82, 2.24) is 0 Å². The fourth-order valence-electron chi connectivity index (χ4n) is 1.98. The maximum atomic E-state index is 10.7. The molecule has 1 aromatic carbocycles. The van der Waals surface area contributed by atoms with E-state index >= 15 is 0 Å². The largest absolute Gasteiger partial charge is 0.496 e. The lowest BCUT2D eigenvalue weighted by Gasteiger charge is -2.21. The number of hydrogen-bond acceptors (Lipinski definition) is 5. The minimum Gasteiger partial charge on any atom is -0.496 e. The second-order valence-electron chi connectivity index (χ2n) is 4.47. The molecular formula is C14H20O6. The first kappa shape index (κ1) is 16.1. The summed E-state index contributed by atoms with van der Waals surface area (Å²) in [7, 11) is 4.46. The fraction of sp³-hybridized carbons (Fsp3) is 0.500. The first-order valence-electron chi connectivity index (χ1n) is 6.14. The van der Waals surface area contributed by atoms with Crippen LogP contribution < -0.4 is 14.2 Å². The highest BCUT2D eigenvalue weighted by atomic mass is 16.5. The summed E-state index contributed by atoms with van der Waals surface area (Å²) in [6, 6.07) is 3.20. The smallest absolute Gasteiger partial charge is 0.303 e. The number of rotatable bonds is 7. The van der Waals surface area contributed by atoms with Crippen molar-refractivity contribution in [3.63, 3.8) is 0 Å². The molecule has 0 saturated carbocycles. The third-order valence-electron chi connectivity index (χ3n) is 3.09. The van der Waals surface area contributed by atoms with E-state index in [2.05, 4.69) is 0 Å². The first-order chi connectivity index (χ1) is 9.44. The molecule has 2 N–H and O–H groups in total. The van der Waals surface area contributed by atoms with Crippen molar-refractivity contribution in [2.75, 3.05) is 21.3 Å². The molecule has 2 atom stereocenters. The van der Waals surface area contributed by atoms with Gasteiger partial charge in [0.15, 0.2) is 11.5 Å². The van der Waals surface area contributed by atoms with Crippen LogP contribution in [-0.4, -0.2) is 37.5 Å². The van der Waals surface area contributed by atoms with Crippen molar-refractivity contribution in [1.29, 1.82) is 0 Å². The van der Waals surface area contributed by atoms with Gasteiger partial charge in [-0.3, -0.25) is 4.79 Å². The van der Waals surface area contributed by atoms with Gasteiger partial charge in [0, 0.05) is 11.6 Å². The van der Waals surface area contributed by atoms with Gasteiger partial charge in [-0.15, -0.1) is 0 Å². The number of aliphatic hydroxyl groups excluding tert-OH is 1. The SMILES string of the molecule is COc1cc(OC)c(C(O)C(C)CC(=O)O)cc1OC. The Balaban J connectivity index is 3.18. The van der Waals surface area contributed by atoms with E-state index < -0.39 is 18.0 Å². The number of benzene rings is 1. The standard InChI is InChI=1S/C14H20O6/c1-8(5-13(15)16)14(17)9-6-11(19-3)12(20-4)7-10(9)18-2/h6-8,14,17H,5H2,1-4H3,(H,15,16). The lowest BCUT2D eigenvalue weighted by Crippen LogP contribution is -2.14. The zero-order chi connectivity index (χ0) is 15.3. The highest BCUT2D eigenvalue weighted by molar-refractivity contribution is 5.67. The molecule has 0 spiro atoms. The predicted octanol–water partition coefficient (Wildman–Crippen LogP) is 1.86. The van der Waals surface area contributed by atoms with Crippen molar-refractivity contribution in [3.05, 3.63) is 17.7 Å². The van der Waals surface area contributed by atoms with Crippen LogP contribution in [0.3, 0.4) is 0 Å². The van der Waals surface area contributed by atoms with Crippen LogP contribution in [0.5, 0.6) is 17.2 Å². The summed E-state index contributed by atoms with van der Waals surface area (Å²) in [5.41, 5.74) is 0.471. The number of carbonyl (C=O) groups is 1. The molecule has 112 valence electrons. The Morgan fingerprint density at radius 3 is 2.05 bits per heavy atom. The van der Waals surface area contributed by atoms with Gasteiger partial charge in [0.25, 0.3) is 0 Å². The number of aliphatic hydroxyl groups is 1. The molecule has 0 radical (unpaired) electrons. The van der Waals surface area contributed by atoms with Crippen LogP contribution in [-0.2, 0) is 4.79 Å². The summed E-state index contributed by atoms with van der Waals surface area (Å²) >= 11 is 0. The third kappa shape index (κ3) is 3.54. The molecule has 0 aliphatic rings. The number of hydrogen-bond donors (Lipinski definition) is 2. The van der Waals surface area contributed by atoms with Crippen molar-refractivity contribution in [3.8, 4) is 17.2 Å². The Labute approximate surface area is 117 Å². The molecule has 6 heteroatoms. The van der Waals surface area contributed by atoms with Crippen LogP contribution in [0.1, 0.15) is 25.0 Å². The Bertz CT molecular complexity index is 471. The van der Waals surface area contributed by atoms with Gasteiger partial charge in [0.2, 0.25) is 0 Å². The lowest BCUT2D eigenvalue weighted by molar-refractivity contribution is -0.139. The summed E-state index contributed by atoms with van der Waals surface area (Å²) in [4.78, 5) is 10.7. The Kier molecular flexibility index (Phi) is 5.64. The van der Waals surface area contributed by atoms with Gasteiger partial charge in [-0.05, 0) is 12.0 Å². The average Bonchev–Trinajstić information content (AvgIpc) is 2.44. The molecule has 20 heavy (non-hydrogen) atoms. The zero-order valence-corrected chi connectivity index (χ0v) is 12.0. The average molecular weight is 284 g/mol. The molecular weight excluding hydrogens is 264 g/mol. The lowest BCUT2D eigenvalue weighted by atomic mass is 9.93. The topological polar surface area (TPSA) is 85.2 Å². The van der Waals surface area contributed by atoms with E-state index in [1.165, 1.54) is 21.3 Å². The van der Waals surface area contributed by atoms with Gasteiger partial charge < -0.3 is 24.4 Å². The van der Waals surface area contributed by atoms with Crippen molar-refractivity contribution in [2.24, 2.45) is 5.92 Å². The van der Waals surface area contributed by atoms with Gasteiger partial charge in [-0.2, -0.15) is 0 Å². The highest BCUT2D eigenvalue weighted by Gasteiger charge is 2.24. The second kappa shape index (κ2) is 7.00. The maximum absolute atomic E-state index is 10.7. The van der Waals surface area contributed by atoms with Crippen LogP contribution in [0.2, 0.25) is 0 Å². The van der Waals surface area contributed by atoms with Crippen LogP contribution in [0, 0.1) is 5.92 Å². The maximum Gasteiger partial charge on any atom is 0.303 e. The molecule has 0 heterocycles. The summed E-state index contributed by atoms with van der Waals surface area (Å²) in [6.45, 7) is 1.66. The summed E-state index contributed by atoms with van der Waals surface area (Å²) < 4.78 is 15.6.